The largest absolute Gasteiger partial charge is 3.00 e. The second kappa shape index (κ2) is 15.7. The predicted molar refractivity (Wildman–Crippen MR) is 38.1 cm³/mol. The van der Waals surface area contributed by atoms with Gasteiger partial charge >= 0.3 is 19.5 Å². The van der Waals surface area contributed by atoms with Crippen LogP contribution in [-0.2, 0) is 19.5 Å². The maximum Gasteiger partial charge on any atom is 3.00 e. The van der Waals surface area contributed by atoms with E-state index < -0.39 is 0 Å². The van der Waals surface area contributed by atoms with Crippen molar-refractivity contribution < 1.29 is 19.5 Å². The molecule has 0 heterocycles. The first kappa shape index (κ1) is 16.0. The van der Waals surface area contributed by atoms with Gasteiger partial charge in [0.2, 0.25) is 0 Å². The summed E-state index contributed by atoms with van der Waals surface area (Å²) in [5.74, 6) is 0. The summed E-state index contributed by atoms with van der Waals surface area (Å²) in [6.45, 7) is 4.90. The standard InChI is InChI=1S/C5H3NS.CH3.Rh/c1-2-3-4-6-5-7;;/h1-3H;1H3;/q-2;-1;+3. The molecular formula is C6H6NRhS. The van der Waals surface area contributed by atoms with Crippen molar-refractivity contribution in [3.8, 4) is 0 Å². The van der Waals surface area contributed by atoms with Crippen LogP contribution in [0.25, 0.3) is 0 Å². The smallest absolute Gasteiger partial charge is 0.365 e. The van der Waals surface area contributed by atoms with Gasteiger partial charge in [-0.1, -0.05) is 5.16 Å². The summed E-state index contributed by atoms with van der Waals surface area (Å²) in [7, 11) is 0. The SMILES string of the molecule is [CH-]=CC=[C-]N=C=S.[CH3-].[Rh+3]. The monoisotopic (exact) mass is 227 g/mol. The topological polar surface area (TPSA) is 12.4 Å². The number of hydrogen-bond acceptors (Lipinski definition) is 2. The summed E-state index contributed by atoms with van der Waals surface area (Å²) >= 11 is 4.21. The molecule has 0 amide bonds. The molecule has 0 aromatic carbocycles. The van der Waals surface area contributed by atoms with Gasteiger partial charge in [0, 0.05) is 0 Å². The Bertz CT molecular complexity index is 125. The van der Waals surface area contributed by atoms with E-state index in [0.29, 0.717) is 0 Å². The summed E-state index contributed by atoms with van der Waals surface area (Å²) in [6, 6.07) is 0. The molecule has 0 saturated carbocycles. The van der Waals surface area contributed by atoms with E-state index in [0.717, 1.165) is 0 Å². The van der Waals surface area contributed by atoms with Gasteiger partial charge < -0.3 is 31.2 Å². The van der Waals surface area contributed by atoms with Crippen LogP contribution in [0.3, 0.4) is 0 Å². The van der Waals surface area contributed by atoms with Crippen LogP contribution in [0.2, 0.25) is 0 Å². The van der Waals surface area contributed by atoms with Crippen LogP contribution >= 0.6 is 12.2 Å². The Morgan fingerprint density at radius 1 is 1.67 bits per heavy atom. The molecule has 0 aliphatic rings. The zero-order valence-corrected chi connectivity index (χ0v) is 7.38. The van der Waals surface area contributed by atoms with Crippen LogP contribution in [-0.4, -0.2) is 5.16 Å². The van der Waals surface area contributed by atoms with E-state index in [9.17, 15) is 0 Å². The van der Waals surface area contributed by atoms with E-state index in [1.165, 1.54) is 12.2 Å². The van der Waals surface area contributed by atoms with E-state index in [1.807, 2.05) is 0 Å². The van der Waals surface area contributed by atoms with Crippen molar-refractivity contribution in [2.24, 2.45) is 4.99 Å². The molecule has 0 N–H and O–H groups in total. The minimum absolute atomic E-state index is 0. The molecular weight excluding hydrogens is 221 g/mol. The maximum atomic E-state index is 4.90. The summed E-state index contributed by atoms with van der Waals surface area (Å²) < 4.78 is 0. The fourth-order valence-corrected chi connectivity index (χ4v) is 0.159. The van der Waals surface area contributed by atoms with Gasteiger partial charge in [-0.3, -0.25) is 0 Å². The maximum absolute atomic E-state index is 4.90. The molecule has 0 spiro atoms. The third kappa shape index (κ3) is 18.1. The molecule has 0 unspecified atom stereocenters. The van der Waals surface area contributed by atoms with Crippen LogP contribution < -0.4 is 0 Å². The summed E-state index contributed by atoms with van der Waals surface area (Å²) in [5, 5.41) is 2.09. The summed E-state index contributed by atoms with van der Waals surface area (Å²) in [5.41, 5.74) is 0. The first-order valence-corrected chi connectivity index (χ1v) is 2.01. The molecule has 1 nitrogen and oxygen atoms in total. The normalized spacial score (nSPS) is 6.22. The average molecular weight is 227 g/mol. The van der Waals surface area contributed by atoms with Gasteiger partial charge in [0.05, 0.1) is 0 Å². The molecule has 0 bridgehead atoms. The zero-order valence-electron chi connectivity index (χ0n) is 4.92. The Morgan fingerprint density at radius 2 is 2.22 bits per heavy atom. The molecule has 9 heavy (non-hydrogen) atoms. The number of allylic oxidation sites excluding steroid dienone is 2. The number of thiocarbonyl (C=S) groups is 1. The van der Waals surface area contributed by atoms with Crippen molar-refractivity contribution in [1.29, 1.82) is 0 Å². The number of rotatable bonds is 2. The zero-order chi connectivity index (χ0) is 5.54. The van der Waals surface area contributed by atoms with Gasteiger partial charge in [-0.15, -0.1) is 12.2 Å². The third-order valence-corrected chi connectivity index (χ3v) is 0.372. The van der Waals surface area contributed by atoms with Crippen LogP contribution in [0, 0.1) is 20.2 Å². The van der Waals surface area contributed by atoms with Crippen molar-refractivity contribution in [3.05, 3.63) is 32.4 Å². The van der Waals surface area contributed by atoms with Crippen LogP contribution in [0.5, 0.6) is 0 Å². The first-order chi connectivity index (χ1) is 3.41. The molecule has 0 atom stereocenters. The first-order valence-electron chi connectivity index (χ1n) is 1.61. The van der Waals surface area contributed by atoms with Crippen LogP contribution in [0.4, 0.5) is 0 Å². The van der Waals surface area contributed by atoms with Crippen molar-refractivity contribution in [3.63, 3.8) is 0 Å². The molecule has 3 heteroatoms. The molecule has 0 aliphatic heterocycles. The second-order valence-corrected chi connectivity index (χ2v) is 0.874. The number of hydrogen-bond donors (Lipinski definition) is 0. The molecule has 0 aromatic heterocycles. The Morgan fingerprint density at radius 3 is 2.56 bits per heavy atom. The fourth-order valence-electron chi connectivity index (χ4n) is 0.107. The minimum Gasteiger partial charge on any atom is -0.365 e. The molecule has 0 aliphatic carbocycles. The van der Waals surface area contributed by atoms with Crippen LogP contribution in [0.1, 0.15) is 0 Å². The number of aliphatic imine (C=N–C) groups is 1. The predicted octanol–water partition coefficient (Wildman–Crippen LogP) is 1.84. The van der Waals surface area contributed by atoms with Crippen molar-refractivity contribution in [1.82, 2.24) is 0 Å². The van der Waals surface area contributed by atoms with Gasteiger partial charge in [0.25, 0.3) is 0 Å². The number of nitrogens with zero attached hydrogens (tertiary/aromatic N) is 1. The van der Waals surface area contributed by atoms with Gasteiger partial charge in [-0.25, -0.2) is 0 Å². The molecule has 0 saturated heterocycles. The summed E-state index contributed by atoms with van der Waals surface area (Å²) in [6.07, 6.45) is 5.15. The van der Waals surface area contributed by atoms with Crippen LogP contribution in [0.15, 0.2) is 17.1 Å². The molecule has 0 aromatic rings. The van der Waals surface area contributed by atoms with Gasteiger partial charge in [-0.2, -0.15) is 6.20 Å². The fraction of sp³-hybridized carbons (Fsp3) is 0. The summed E-state index contributed by atoms with van der Waals surface area (Å²) in [4.78, 5) is 3.31. The van der Waals surface area contributed by atoms with E-state index in [4.69, 9.17) is 6.58 Å². The molecule has 50 valence electrons. The number of isothiocyanates is 1. The molecule has 0 fully saturated rings. The Kier molecular flexibility index (Phi) is 27.8. The molecule has 0 radical (unpaired) electrons. The van der Waals surface area contributed by atoms with Crippen molar-refractivity contribution in [2.45, 2.75) is 0 Å². The van der Waals surface area contributed by atoms with Gasteiger partial charge in [0.15, 0.2) is 0 Å². The Labute approximate surface area is 74.3 Å². The Balaban J connectivity index is -0.000000180. The quantitative estimate of drug-likeness (QED) is 0.230. The third-order valence-electron chi connectivity index (χ3n) is 0.281. The molecule has 0 rings (SSSR count). The average Bonchev–Trinajstić information content (AvgIpc) is 1.69. The van der Waals surface area contributed by atoms with E-state index in [1.54, 1.807) is 0 Å². The van der Waals surface area contributed by atoms with E-state index in [2.05, 4.69) is 28.6 Å². The Hall–Kier alpha value is -0.0966. The van der Waals surface area contributed by atoms with Crippen molar-refractivity contribution >= 4 is 17.4 Å². The van der Waals surface area contributed by atoms with Crippen molar-refractivity contribution in [2.75, 3.05) is 0 Å². The van der Waals surface area contributed by atoms with E-state index >= 15 is 0 Å². The minimum atomic E-state index is 0. The van der Waals surface area contributed by atoms with Gasteiger partial charge in [-0.05, 0) is 0 Å². The van der Waals surface area contributed by atoms with Gasteiger partial charge in [0.1, 0.15) is 0 Å². The van der Waals surface area contributed by atoms with E-state index in [-0.39, 0.29) is 26.9 Å². The second-order valence-electron chi connectivity index (χ2n) is 0.691.